The molecule has 0 aliphatic carbocycles. The highest BCUT2D eigenvalue weighted by Crippen LogP contribution is 2.52. The molecular formula is C46H56Cl2N8O8. The highest BCUT2D eigenvalue weighted by molar-refractivity contribution is 6.32. The molecule has 0 spiro atoms. The number of imidazole rings is 2. The van der Waals surface area contributed by atoms with Crippen LogP contribution in [0.15, 0.2) is 24.3 Å². The number of aromatic nitrogens is 4. The van der Waals surface area contributed by atoms with E-state index in [-0.39, 0.29) is 60.8 Å². The quantitative estimate of drug-likeness (QED) is 0.107. The van der Waals surface area contributed by atoms with Gasteiger partial charge in [-0.2, -0.15) is 0 Å². The summed E-state index contributed by atoms with van der Waals surface area (Å²) >= 11 is 13.8. The summed E-state index contributed by atoms with van der Waals surface area (Å²) in [7, 11) is 2.57. The molecule has 0 unspecified atom stereocenters. The van der Waals surface area contributed by atoms with Crippen LogP contribution in [0.4, 0.5) is 9.59 Å². The Morgan fingerprint density at radius 3 is 1.47 bits per heavy atom. The number of nitrogens with one attached hydrogen (secondary N) is 4. The fraction of sp³-hybridized carbons (Fsp3) is 0.522. The van der Waals surface area contributed by atoms with Crippen LogP contribution in [0.3, 0.4) is 0 Å². The number of H-pyrrole nitrogens is 2. The van der Waals surface area contributed by atoms with Gasteiger partial charge in [-0.3, -0.25) is 9.59 Å². The van der Waals surface area contributed by atoms with Crippen molar-refractivity contribution in [3.8, 4) is 45.1 Å². The maximum atomic E-state index is 14.1. The van der Waals surface area contributed by atoms with Gasteiger partial charge in [-0.15, -0.1) is 0 Å². The lowest BCUT2D eigenvalue weighted by Gasteiger charge is -2.31. The Balaban J connectivity index is 1.06. The molecule has 2 fully saturated rings. The minimum atomic E-state index is -0.755. The summed E-state index contributed by atoms with van der Waals surface area (Å²) in [6.45, 7) is 13.5. The molecule has 0 radical (unpaired) electrons. The zero-order valence-electron chi connectivity index (χ0n) is 37.4. The van der Waals surface area contributed by atoms with E-state index in [1.165, 1.54) is 14.2 Å². The summed E-state index contributed by atoms with van der Waals surface area (Å²) in [5, 5.41) is 6.17. The number of amides is 4. The van der Waals surface area contributed by atoms with Gasteiger partial charge in [0.15, 0.2) is 0 Å². The maximum Gasteiger partial charge on any atom is 0.407 e. The molecule has 16 nitrogen and oxygen atoms in total. The molecule has 4 aliphatic rings. The van der Waals surface area contributed by atoms with Crippen LogP contribution in [0.2, 0.25) is 10.3 Å². The van der Waals surface area contributed by atoms with Gasteiger partial charge in [-0.1, -0.05) is 77.6 Å². The predicted molar refractivity (Wildman–Crippen MR) is 240 cm³/mol. The lowest BCUT2D eigenvalue weighted by Crippen LogP contribution is -2.51. The summed E-state index contributed by atoms with van der Waals surface area (Å²) in [4.78, 5) is 72.7. The zero-order chi connectivity index (χ0) is 45.7. The number of hydrogen-bond acceptors (Lipinski definition) is 10. The minimum Gasteiger partial charge on any atom is -0.488 e. The molecule has 64 heavy (non-hydrogen) atoms. The van der Waals surface area contributed by atoms with E-state index in [4.69, 9.17) is 52.1 Å². The second kappa shape index (κ2) is 18.2. The third kappa shape index (κ3) is 8.34. The van der Waals surface area contributed by atoms with Crippen LogP contribution in [-0.4, -0.2) is 93.1 Å². The van der Waals surface area contributed by atoms with Gasteiger partial charge in [0.05, 0.1) is 26.3 Å². The molecule has 8 atom stereocenters. The summed E-state index contributed by atoms with van der Waals surface area (Å²) in [6.07, 6.45) is 1.42. The van der Waals surface area contributed by atoms with Gasteiger partial charge in [-0.05, 0) is 60.8 Å². The Kier molecular flexibility index (Phi) is 12.8. The number of likely N-dealkylation sites (tertiary alicyclic amines) is 2. The number of carbonyl (C=O) groups excluding carboxylic acids is 4. The summed E-state index contributed by atoms with van der Waals surface area (Å²) in [5.41, 5.74) is 6.21. The molecule has 2 aromatic carbocycles. The molecule has 0 saturated carbocycles. The number of rotatable bonds is 12. The highest BCUT2D eigenvalue weighted by Gasteiger charge is 2.43. The molecule has 342 valence electrons. The van der Waals surface area contributed by atoms with Crippen molar-refractivity contribution in [3.63, 3.8) is 0 Å². The summed E-state index contributed by atoms with van der Waals surface area (Å²) < 4.78 is 22.6. The average Bonchev–Trinajstić information content (AvgIpc) is 4.09. The maximum absolute atomic E-state index is 14.1. The number of hydrogen-bond donors (Lipinski definition) is 4. The lowest BCUT2D eigenvalue weighted by atomic mass is 9.87. The SMILES string of the molecule is CC[C@H](C)[C@H](NC(=O)OC)C(=O)N1C[C@@H](C)C[C@H]1c1nc(-c2cc3c4c(c2)OCc2cc(-c5nc([C@@H]6C[C@H](C)CN6C(=O)[C@@H](NC(=O)OC)[C@@H](C)CC)[nH]c5Cl)cc(c2-4)OC3)c(Cl)[nH]1. The Bertz CT molecular complexity index is 2250. The first-order valence-electron chi connectivity index (χ1n) is 22.1. The van der Waals surface area contributed by atoms with E-state index >= 15 is 0 Å². The van der Waals surface area contributed by atoms with Crippen LogP contribution in [0, 0.1) is 23.7 Å². The van der Waals surface area contributed by atoms with Crippen LogP contribution in [0.5, 0.6) is 11.5 Å². The molecule has 0 bridgehead atoms. The van der Waals surface area contributed by atoms with Crippen LogP contribution >= 0.6 is 23.2 Å². The van der Waals surface area contributed by atoms with E-state index < -0.39 is 24.3 Å². The van der Waals surface area contributed by atoms with E-state index in [0.717, 1.165) is 33.4 Å². The normalized spacial score (nSPS) is 21.5. The average molecular weight is 920 g/mol. The first-order valence-corrected chi connectivity index (χ1v) is 22.8. The molecule has 4 amide bonds. The van der Waals surface area contributed by atoms with Gasteiger partial charge in [0.1, 0.15) is 70.1 Å². The molecule has 8 rings (SSSR count). The molecule has 6 heterocycles. The van der Waals surface area contributed by atoms with E-state index in [2.05, 4.69) is 34.4 Å². The van der Waals surface area contributed by atoms with Crippen molar-refractivity contribution in [2.45, 2.75) is 105 Å². The second-order valence-corrected chi connectivity index (χ2v) is 18.6. The van der Waals surface area contributed by atoms with Gasteiger partial charge >= 0.3 is 12.2 Å². The smallest absolute Gasteiger partial charge is 0.407 e. The van der Waals surface area contributed by atoms with E-state index in [1.54, 1.807) is 9.80 Å². The van der Waals surface area contributed by atoms with Crippen molar-refractivity contribution >= 4 is 47.2 Å². The summed E-state index contributed by atoms with van der Waals surface area (Å²) in [5.74, 6) is 2.24. The molecule has 18 heteroatoms. The van der Waals surface area contributed by atoms with Gasteiger partial charge in [0.25, 0.3) is 0 Å². The van der Waals surface area contributed by atoms with Crippen molar-refractivity contribution < 1.29 is 38.1 Å². The molecule has 2 saturated heterocycles. The number of halogens is 2. The minimum absolute atomic E-state index is 0.120. The molecule has 4 N–H and O–H groups in total. The molecule has 4 aliphatic heterocycles. The topological polar surface area (TPSA) is 193 Å². The van der Waals surface area contributed by atoms with Gasteiger partial charge < -0.3 is 49.3 Å². The van der Waals surface area contributed by atoms with Crippen LogP contribution in [0.1, 0.15) is 102 Å². The van der Waals surface area contributed by atoms with E-state index in [0.29, 0.717) is 83.6 Å². The first-order chi connectivity index (χ1) is 30.6. The highest BCUT2D eigenvalue weighted by atomic mass is 35.5. The number of methoxy groups -OCH3 is 2. The van der Waals surface area contributed by atoms with Crippen molar-refractivity contribution in [1.82, 2.24) is 40.4 Å². The lowest BCUT2D eigenvalue weighted by molar-refractivity contribution is -0.136. The van der Waals surface area contributed by atoms with Crippen LogP contribution < -0.4 is 20.1 Å². The monoisotopic (exact) mass is 918 g/mol. The van der Waals surface area contributed by atoms with Crippen molar-refractivity contribution in [2.24, 2.45) is 23.7 Å². The molecular weight excluding hydrogens is 863 g/mol. The zero-order valence-corrected chi connectivity index (χ0v) is 38.9. The van der Waals surface area contributed by atoms with E-state index in [1.807, 2.05) is 52.0 Å². The van der Waals surface area contributed by atoms with Crippen molar-refractivity contribution in [3.05, 3.63) is 57.3 Å². The van der Waals surface area contributed by atoms with Gasteiger partial charge in [-0.25, -0.2) is 19.6 Å². The van der Waals surface area contributed by atoms with Gasteiger partial charge in [0, 0.05) is 46.5 Å². The first kappa shape index (κ1) is 45.1. The third-order valence-electron chi connectivity index (χ3n) is 13.4. The Morgan fingerprint density at radius 1 is 0.719 bits per heavy atom. The number of alkyl carbamates (subject to hydrolysis) is 2. The molecule has 4 aromatic rings. The number of aromatic amines is 2. The van der Waals surface area contributed by atoms with Crippen LogP contribution in [0.25, 0.3) is 33.6 Å². The third-order valence-corrected chi connectivity index (χ3v) is 13.9. The standard InChI is InChI=1S/C46H56Cl2N8O8/c1-9-23(5)35(51-45(59)61-7)43(57)55-17-21(3)11-29(55)41-49-37(39(47)53-41)25-13-27-19-64-32-16-26(14-28-20-63-31(15-25)33(27)34(28)32)38-40(48)54-42(50-38)30-12-22(4)18-56(30)44(58)36(24(6)10-2)52-46(60)62-8/h13-16,21-24,29-30,35-36H,9-12,17-20H2,1-8H3,(H,49,53)(H,50,54)(H,51,59)(H,52,60)/t21-,22-,23-,24-,29-,30-,35-,36-/m0/s1. The Hall–Kier alpha value is -5.48. The number of ether oxygens (including phenoxy) is 4. The number of carbonyl (C=O) groups is 4. The van der Waals surface area contributed by atoms with Crippen molar-refractivity contribution in [2.75, 3.05) is 27.3 Å². The fourth-order valence-corrected chi connectivity index (χ4v) is 10.1. The number of nitrogens with zero attached hydrogens (tertiary/aromatic N) is 4. The molecule has 2 aromatic heterocycles. The Morgan fingerprint density at radius 2 is 1.11 bits per heavy atom. The van der Waals surface area contributed by atoms with Crippen LogP contribution in [-0.2, 0) is 32.3 Å². The predicted octanol–water partition coefficient (Wildman–Crippen LogP) is 8.59. The van der Waals surface area contributed by atoms with Gasteiger partial charge in [0.2, 0.25) is 11.8 Å². The fourth-order valence-electron chi connectivity index (χ4n) is 9.58. The summed E-state index contributed by atoms with van der Waals surface area (Å²) in [6, 6.07) is 5.64. The van der Waals surface area contributed by atoms with Crippen molar-refractivity contribution in [1.29, 1.82) is 0 Å². The number of benzene rings is 2. The van der Waals surface area contributed by atoms with E-state index in [9.17, 15) is 19.2 Å². The Labute approximate surface area is 382 Å². The second-order valence-electron chi connectivity index (χ2n) is 17.9. The largest absolute Gasteiger partial charge is 0.488 e.